The molecule has 42 heavy (non-hydrogen) atoms. The molecular weight excluding hydrogens is 526 g/mol. The molecule has 1 amide bonds. The molecule has 0 saturated carbocycles. The number of hydrogen-bond acceptors (Lipinski definition) is 5. The molecule has 220 valence electrons. The first-order valence-corrected chi connectivity index (χ1v) is 15.2. The van der Waals surface area contributed by atoms with Crippen molar-refractivity contribution in [2.24, 2.45) is 5.92 Å². The van der Waals surface area contributed by atoms with E-state index < -0.39 is 5.60 Å². The van der Waals surface area contributed by atoms with Gasteiger partial charge in [0.15, 0.2) is 0 Å². The number of likely N-dealkylation sites (tertiary alicyclic amines) is 2. The second-order valence-electron chi connectivity index (χ2n) is 12.1. The highest BCUT2D eigenvalue weighted by Crippen LogP contribution is 2.36. The number of rotatable bonds is 7. The van der Waals surface area contributed by atoms with Crippen LogP contribution < -0.4 is 5.56 Å². The maximum atomic E-state index is 14.0. The number of carbonyl (C=O) groups excluding carboxylic acids is 1. The number of aliphatic hydroxyl groups is 1. The van der Waals surface area contributed by atoms with E-state index in [2.05, 4.69) is 65.3 Å². The van der Waals surface area contributed by atoms with E-state index in [0.29, 0.717) is 37.0 Å². The Labute approximate surface area is 247 Å². The SMILES string of the molecule is CCn1ccc2c(=O)n(CC3(O)CCN(C(=O)[C@@H]4CCN(Cc5ccccc5C)C[C@H]4c4ccccc4)CC3)cnc21. The van der Waals surface area contributed by atoms with Gasteiger partial charge >= 0.3 is 0 Å². The van der Waals surface area contributed by atoms with Crippen LogP contribution in [0.2, 0.25) is 0 Å². The zero-order chi connectivity index (χ0) is 29.3. The minimum absolute atomic E-state index is 0.0939. The first-order valence-electron chi connectivity index (χ1n) is 15.2. The lowest BCUT2D eigenvalue weighted by atomic mass is 9.79. The summed E-state index contributed by atoms with van der Waals surface area (Å²) in [5.41, 5.74) is 3.31. The van der Waals surface area contributed by atoms with Gasteiger partial charge in [-0.05, 0) is 62.4 Å². The summed E-state index contributed by atoms with van der Waals surface area (Å²) in [5.74, 6) is 0.204. The topological polar surface area (TPSA) is 83.6 Å². The standard InChI is InChI=1S/C34H41N5O3/c1-3-37-18-14-29-31(37)35-24-39(33(29)41)23-34(42)15-19-38(20-16-34)32(40)28-13-17-36(21-27-12-8-7-9-25(27)2)22-30(28)26-10-5-4-6-11-26/h4-12,14,18,24,28,30,42H,3,13,15-17,19-23H2,1-2H3/t28-,30+/m1/s1. The molecule has 2 aromatic heterocycles. The van der Waals surface area contributed by atoms with Crippen LogP contribution in [-0.4, -0.2) is 66.7 Å². The fraction of sp³-hybridized carbons (Fsp3) is 0.441. The number of aryl methyl sites for hydroxylation is 2. The van der Waals surface area contributed by atoms with Crippen LogP contribution in [0, 0.1) is 12.8 Å². The second kappa shape index (κ2) is 11.9. The Morgan fingerprint density at radius 2 is 1.74 bits per heavy atom. The van der Waals surface area contributed by atoms with E-state index in [1.165, 1.54) is 21.3 Å². The average Bonchev–Trinajstić information content (AvgIpc) is 3.44. The quantitative estimate of drug-likeness (QED) is 0.362. The first kappa shape index (κ1) is 28.4. The van der Waals surface area contributed by atoms with Crippen LogP contribution in [0.5, 0.6) is 0 Å². The zero-order valence-electron chi connectivity index (χ0n) is 24.7. The lowest BCUT2D eigenvalue weighted by molar-refractivity contribution is -0.142. The first-order chi connectivity index (χ1) is 20.3. The summed E-state index contributed by atoms with van der Waals surface area (Å²) in [4.78, 5) is 36.0. The lowest BCUT2D eigenvalue weighted by Crippen LogP contribution is -2.53. The van der Waals surface area contributed by atoms with Gasteiger partial charge in [0.2, 0.25) is 5.91 Å². The molecule has 4 heterocycles. The predicted molar refractivity (Wildman–Crippen MR) is 164 cm³/mol. The molecule has 4 aromatic rings. The van der Waals surface area contributed by atoms with E-state index in [4.69, 9.17) is 0 Å². The summed E-state index contributed by atoms with van der Waals surface area (Å²) in [5, 5.41) is 12.0. The van der Waals surface area contributed by atoms with E-state index in [-0.39, 0.29) is 29.8 Å². The van der Waals surface area contributed by atoms with Crippen LogP contribution in [-0.2, 0) is 24.4 Å². The van der Waals surface area contributed by atoms with Gasteiger partial charge in [0.25, 0.3) is 5.56 Å². The maximum absolute atomic E-state index is 14.0. The van der Waals surface area contributed by atoms with Crippen LogP contribution in [0.1, 0.15) is 48.8 Å². The van der Waals surface area contributed by atoms with E-state index in [9.17, 15) is 14.7 Å². The van der Waals surface area contributed by atoms with Gasteiger partial charge in [-0.25, -0.2) is 4.98 Å². The minimum Gasteiger partial charge on any atom is -0.388 e. The van der Waals surface area contributed by atoms with Crippen LogP contribution in [0.4, 0.5) is 0 Å². The number of amides is 1. The normalized spacial score (nSPS) is 21.1. The highest BCUT2D eigenvalue weighted by molar-refractivity contribution is 5.80. The molecule has 0 spiro atoms. The summed E-state index contributed by atoms with van der Waals surface area (Å²) in [6, 6.07) is 20.8. The molecule has 8 heteroatoms. The molecule has 0 unspecified atom stereocenters. The van der Waals surface area contributed by atoms with Crippen molar-refractivity contribution in [2.45, 2.75) is 64.3 Å². The van der Waals surface area contributed by atoms with Crippen molar-refractivity contribution in [2.75, 3.05) is 26.2 Å². The molecule has 0 radical (unpaired) electrons. The van der Waals surface area contributed by atoms with Crippen molar-refractivity contribution >= 4 is 16.9 Å². The number of nitrogens with zero attached hydrogens (tertiary/aromatic N) is 5. The maximum Gasteiger partial charge on any atom is 0.262 e. The van der Waals surface area contributed by atoms with E-state index in [1.54, 1.807) is 12.4 Å². The Morgan fingerprint density at radius 1 is 1.00 bits per heavy atom. The van der Waals surface area contributed by atoms with Crippen LogP contribution in [0.3, 0.4) is 0 Å². The number of aromatic nitrogens is 3. The predicted octanol–water partition coefficient (Wildman–Crippen LogP) is 4.19. The van der Waals surface area contributed by atoms with Crippen molar-refractivity contribution in [1.29, 1.82) is 0 Å². The third kappa shape index (κ3) is 5.65. The molecule has 0 aliphatic carbocycles. The fourth-order valence-corrected chi connectivity index (χ4v) is 6.85. The lowest BCUT2D eigenvalue weighted by Gasteiger charge is -2.43. The number of benzene rings is 2. The molecule has 6 rings (SSSR count). The third-order valence-corrected chi connectivity index (χ3v) is 9.45. The van der Waals surface area contributed by atoms with Gasteiger partial charge in [0.1, 0.15) is 12.0 Å². The Hall–Kier alpha value is -3.75. The molecule has 2 aliphatic heterocycles. The molecule has 2 aromatic carbocycles. The summed E-state index contributed by atoms with van der Waals surface area (Å²) in [6.07, 6.45) is 5.09. The largest absolute Gasteiger partial charge is 0.388 e. The van der Waals surface area contributed by atoms with Crippen LogP contribution in [0.15, 0.2) is 78.0 Å². The highest BCUT2D eigenvalue weighted by Gasteiger charge is 2.41. The molecule has 8 nitrogen and oxygen atoms in total. The van der Waals surface area contributed by atoms with Crippen molar-refractivity contribution < 1.29 is 9.90 Å². The van der Waals surface area contributed by atoms with Crippen molar-refractivity contribution in [3.8, 4) is 0 Å². The highest BCUT2D eigenvalue weighted by atomic mass is 16.3. The van der Waals surface area contributed by atoms with Crippen LogP contribution >= 0.6 is 0 Å². The summed E-state index contributed by atoms with van der Waals surface area (Å²) in [7, 11) is 0. The summed E-state index contributed by atoms with van der Waals surface area (Å²) >= 11 is 0. The molecule has 2 fully saturated rings. The molecule has 0 bridgehead atoms. The Morgan fingerprint density at radius 3 is 2.48 bits per heavy atom. The van der Waals surface area contributed by atoms with Gasteiger partial charge in [0.05, 0.1) is 17.5 Å². The van der Waals surface area contributed by atoms with Gasteiger partial charge < -0.3 is 14.6 Å². The molecule has 2 saturated heterocycles. The van der Waals surface area contributed by atoms with Gasteiger partial charge in [-0.2, -0.15) is 0 Å². The summed E-state index contributed by atoms with van der Waals surface area (Å²) < 4.78 is 3.46. The number of hydrogen-bond donors (Lipinski definition) is 1. The Balaban J connectivity index is 1.14. The van der Waals surface area contributed by atoms with Crippen molar-refractivity contribution in [1.82, 2.24) is 23.9 Å². The summed E-state index contributed by atoms with van der Waals surface area (Å²) in [6.45, 7) is 8.66. The number of fused-ring (bicyclic) bond motifs is 1. The van der Waals surface area contributed by atoms with Gasteiger partial charge in [-0.15, -0.1) is 0 Å². The molecule has 1 N–H and O–H groups in total. The smallest absolute Gasteiger partial charge is 0.262 e. The van der Waals surface area contributed by atoms with Gasteiger partial charge in [-0.1, -0.05) is 54.6 Å². The van der Waals surface area contributed by atoms with Crippen molar-refractivity contribution in [3.63, 3.8) is 0 Å². The van der Waals surface area contributed by atoms with Crippen molar-refractivity contribution in [3.05, 3.63) is 100 Å². The second-order valence-corrected chi connectivity index (χ2v) is 12.1. The zero-order valence-corrected chi connectivity index (χ0v) is 24.7. The van der Waals surface area contributed by atoms with E-state index in [1.807, 2.05) is 28.7 Å². The number of piperidine rings is 2. The Kier molecular flexibility index (Phi) is 8.01. The average molecular weight is 568 g/mol. The van der Waals surface area contributed by atoms with Crippen LogP contribution in [0.25, 0.3) is 11.0 Å². The Bertz CT molecular complexity index is 1600. The minimum atomic E-state index is -1.06. The molecule has 2 aliphatic rings. The van der Waals surface area contributed by atoms with Gasteiger partial charge in [0, 0.05) is 50.8 Å². The van der Waals surface area contributed by atoms with Gasteiger partial charge in [-0.3, -0.25) is 19.1 Å². The molecular formula is C34H41N5O3. The van der Waals surface area contributed by atoms with E-state index >= 15 is 0 Å². The fourth-order valence-electron chi connectivity index (χ4n) is 6.85. The third-order valence-electron chi connectivity index (χ3n) is 9.45. The van der Waals surface area contributed by atoms with E-state index in [0.717, 1.165) is 32.6 Å². The molecule has 2 atom stereocenters. The number of carbonyl (C=O) groups is 1. The monoisotopic (exact) mass is 567 g/mol.